The SMILES string of the molecule is Cc1nn(-c2ccccc2)c([O-])c1C(=O)C(F)(F)C(F)(F)F.[Mo].[O-2].[O-][O-].[O-][O-].c1ccc([P+](c2ccccc2)(c2ccccc2)c2ccccc2)cc1. The third-order valence-electron chi connectivity index (χ3n) is 7.46. The molecule has 16 heteroatoms. The molecule has 0 atom stereocenters. The first-order chi connectivity index (χ1) is 24.5. The van der Waals surface area contributed by atoms with E-state index in [1.807, 2.05) is 0 Å². The average Bonchev–Trinajstić information content (AvgIpc) is 3.48. The maximum absolute atomic E-state index is 13.1. The van der Waals surface area contributed by atoms with Crippen LogP contribution >= 0.6 is 7.26 Å². The van der Waals surface area contributed by atoms with E-state index in [9.17, 15) is 31.9 Å². The summed E-state index contributed by atoms with van der Waals surface area (Å²) in [5, 5.41) is 49.1. The number of para-hydroxylation sites is 1. The molecule has 53 heavy (non-hydrogen) atoms. The molecule has 0 radical (unpaired) electrons. The van der Waals surface area contributed by atoms with E-state index >= 15 is 0 Å². The molecule has 0 bridgehead atoms. The Hall–Kier alpha value is -4.65. The van der Waals surface area contributed by atoms with Gasteiger partial charge in [0.2, 0.25) is 5.78 Å². The van der Waals surface area contributed by atoms with E-state index in [0.29, 0.717) is 4.68 Å². The quantitative estimate of drug-likeness (QED) is 0.0590. The minimum absolute atomic E-state index is 0. The fourth-order valence-electron chi connectivity index (χ4n) is 5.30. The number of halogens is 5. The molecule has 0 unspecified atom stereocenters. The summed E-state index contributed by atoms with van der Waals surface area (Å²) < 4.78 is 63.7. The van der Waals surface area contributed by atoms with E-state index in [1.54, 1.807) is 6.07 Å². The number of carbonyl (C=O) groups excluding carboxylic acids is 1. The fraction of sp³-hybridized carbons (Fsp3) is 0.0811. The summed E-state index contributed by atoms with van der Waals surface area (Å²) >= 11 is 0. The van der Waals surface area contributed by atoms with Crippen LogP contribution in [0.5, 0.6) is 5.88 Å². The predicted octanol–water partition coefficient (Wildman–Crippen LogP) is 2.06. The van der Waals surface area contributed by atoms with Crippen LogP contribution in [0.2, 0.25) is 0 Å². The normalized spacial score (nSPS) is 10.7. The van der Waals surface area contributed by atoms with Gasteiger partial charge in [-0.15, -0.1) is 0 Å². The minimum Gasteiger partial charge on any atom is -2.00 e. The maximum atomic E-state index is 13.1. The molecule has 9 nitrogen and oxygen atoms in total. The second kappa shape index (κ2) is 21.1. The number of hydrogen-bond acceptors (Lipinski definition) is 7. The van der Waals surface area contributed by atoms with Gasteiger partial charge in [-0.1, -0.05) is 91.0 Å². The summed E-state index contributed by atoms with van der Waals surface area (Å²) in [5.74, 6) is -9.58. The van der Waals surface area contributed by atoms with Gasteiger partial charge in [0.15, 0.2) is 0 Å². The van der Waals surface area contributed by atoms with Crippen LogP contribution in [-0.4, -0.2) is 27.7 Å². The fourth-order valence-corrected chi connectivity index (χ4v) is 9.56. The van der Waals surface area contributed by atoms with Crippen LogP contribution in [0, 0.1) is 6.92 Å². The number of benzene rings is 5. The summed E-state index contributed by atoms with van der Waals surface area (Å²) in [5.41, 5.74) is -1.63. The van der Waals surface area contributed by atoms with E-state index in [-0.39, 0.29) is 32.2 Å². The van der Waals surface area contributed by atoms with Gasteiger partial charge in [-0.25, -0.2) is 4.68 Å². The van der Waals surface area contributed by atoms with Crippen LogP contribution in [0.25, 0.3) is 5.69 Å². The number of rotatable bonds is 7. The number of aromatic nitrogens is 2. The van der Waals surface area contributed by atoms with Crippen molar-refractivity contribution in [1.82, 2.24) is 9.78 Å². The second-order valence-electron chi connectivity index (χ2n) is 10.4. The Kier molecular flexibility index (Phi) is 18.5. The molecule has 5 aromatic carbocycles. The van der Waals surface area contributed by atoms with E-state index in [0.717, 1.165) is 6.92 Å². The largest absolute Gasteiger partial charge is 2.00 e. The molecule has 1 heterocycles. The average molecular weight is 835 g/mol. The van der Waals surface area contributed by atoms with Crippen molar-refractivity contribution in [2.75, 3.05) is 0 Å². The van der Waals surface area contributed by atoms with Gasteiger partial charge in [0, 0.05) is 26.9 Å². The molecule has 0 N–H and O–H groups in total. The number of Topliss-reactive ketones (excluding diaryl/α,β-unsaturated/α-hetero) is 1. The van der Waals surface area contributed by atoms with E-state index in [4.69, 9.17) is 21.0 Å². The molecule has 0 saturated carbocycles. The summed E-state index contributed by atoms with van der Waals surface area (Å²) in [6, 6.07) is 51.2. The van der Waals surface area contributed by atoms with Crippen LogP contribution in [0.3, 0.4) is 0 Å². The molecule has 280 valence electrons. The molecule has 0 aliphatic heterocycles. The molecule has 6 rings (SSSR count). The molecule has 6 aromatic rings. The Balaban J connectivity index is 0.000000472. The predicted molar refractivity (Wildman–Crippen MR) is 175 cm³/mol. The molecule has 0 fully saturated rings. The molecule has 0 spiro atoms. The van der Waals surface area contributed by atoms with Crippen LogP contribution in [0.1, 0.15) is 16.1 Å². The number of hydrogen-bond donors (Lipinski definition) is 0. The Morgan fingerprint density at radius 1 is 0.585 bits per heavy atom. The molecule has 0 aliphatic carbocycles. The first-order valence-electron chi connectivity index (χ1n) is 14.8. The topological polar surface area (TPSA) is 179 Å². The first-order valence-corrected chi connectivity index (χ1v) is 16.5. The zero-order valence-corrected chi connectivity index (χ0v) is 30.3. The maximum Gasteiger partial charge on any atom is 0.461 e. The van der Waals surface area contributed by atoms with Gasteiger partial charge >= 0.3 is 12.1 Å². The first kappa shape index (κ1) is 46.4. The monoisotopic (exact) mass is 836 g/mol. The van der Waals surface area contributed by atoms with Gasteiger partial charge in [-0.2, -0.15) is 27.1 Å². The number of aryl methyl sites for hydroxylation is 1. The van der Waals surface area contributed by atoms with Gasteiger partial charge in [-0.3, -0.25) is 4.79 Å². The van der Waals surface area contributed by atoms with Crippen molar-refractivity contribution in [3.05, 3.63) is 163 Å². The third kappa shape index (κ3) is 10.1. The van der Waals surface area contributed by atoms with E-state index < -0.39 is 42.3 Å². The van der Waals surface area contributed by atoms with Crippen LogP contribution in [0.15, 0.2) is 152 Å². The van der Waals surface area contributed by atoms with Crippen LogP contribution in [-0.2, 0) is 26.5 Å². The zero-order valence-electron chi connectivity index (χ0n) is 27.4. The van der Waals surface area contributed by atoms with Gasteiger partial charge < -0.3 is 31.6 Å². The summed E-state index contributed by atoms with van der Waals surface area (Å²) in [7, 11) is -1.91. The molecule has 0 amide bonds. The molecular formula is C37H28F5MoN2O7P-6. The van der Waals surface area contributed by atoms with Gasteiger partial charge in [0.1, 0.15) is 28.5 Å². The number of nitrogens with zero attached hydrogens (tertiary/aromatic N) is 2. The van der Waals surface area contributed by atoms with Crippen LogP contribution < -0.4 is 47.4 Å². The number of alkyl halides is 5. The minimum atomic E-state index is -6.09. The summed E-state index contributed by atoms with van der Waals surface area (Å²) in [6.45, 7) is 1.01. The molecule has 1 aromatic heterocycles. The molecule has 0 aliphatic rings. The van der Waals surface area contributed by atoms with Crippen molar-refractivity contribution in [2.24, 2.45) is 0 Å². The van der Waals surface area contributed by atoms with Crippen LogP contribution in [0.4, 0.5) is 22.0 Å². The van der Waals surface area contributed by atoms with Crippen molar-refractivity contribution in [1.29, 1.82) is 0 Å². The smallest absolute Gasteiger partial charge is 0.461 e. The Labute approximate surface area is 316 Å². The summed E-state index contributed by atoms with van der Waals surface area (Å²) in [4.78, 5) is 11.5. The van der Waals surface area contributed by atoms with Crippen molar-refractivity contribution in [3.63, 3.8) is 0 Å². The van der Waals surface area contributed by atoms with Crippen molar-refractivity contribution in [3.8, 4) is 11.6 Å². The Morgan fingerprint density at radius 3 is 1.15 bits per heavy atom. The molecular weight excluding hydrogens is 806 g/mol. The van der Waals surface area contributed by atoms with Gasteiger partial charge in [0.05, 0.1) is 16.9 Å². The van der Waals surface area contributed by atoms with Crippen molar-refractivity contribution in [2.45, 2.75) is 19.0 Å². The van der Waals surface area contributed by atoms with Crippen molar-refractivity contribution >= 4 is 34.3 Å². The standard InChI is InChI=1S/C24H20P.C13H9F5N2O2.Mo.2O2.O/c1-5-13-21(14-6-1)25(22-15-7-2-8-16-22,23-17-9-3-10-18-23)24-19-11-4-12-20-24;1-7-9(10(21)12(14,15)13(16,17)18)11(22)20(19-7)8-5-3-2-4-6-8;;2*1-2;/h1-20H;2-6,22H,1H3;;;;/q+1;;;3*-2/p-1. The number of carbonyl (C=O) groups is 1. The van der Waals surface area contributed by atoms with Crippen molar-refractivity contribution < 1.29 is 79.4 Å². The number of ketones is 1. The molecule has 0 saturated heterocycles. The zero-order chi connectivity index (χ0) is 37.7. The van der Waals surface area contributed by atoms with E-state index in [2.05, 4.69) is 126 Å². The summed E-state index contributed by atoms with van der Waals surface area (Å²) in [6.07, 6.45) is -6.09. The second-order valence-corrected chi connectivity index (χ2v) is 13.8. The Morgan fingerprint density at radius 2 is 0.868 bits per heavy atom. The third-order valence-corrected chi connectivity index (χ3v) is 11.8. The van der Waals surface area contributed by atoms with E-state index in [1.165, 1.54) is 45.5 Å². The van der Waals surface area contributed by atoms with Gasteiger partial charge in [0.25, 0.3) is 0 Å². The Bertz CT molecular complexity index is 1780. The van der Waals surface area contributed by atoms with Gasteiger partial charge in [-0.05, 0) is 67.6 Å².